The Labute approximate surface area is 170 Å². The monoisotopic (exact) mass is 407 g/mol. The molecule has 0 saturated carbocycles. The SMILES string of the molecule is CC(C)(C)OC(=O)CC[C@H](NC(=O)Oc1ccc(C=O)cc1)C(=O)OC(C)(C)C. The van der Waals surface area contributed by atoms with Crippen LogP contribution in [-0.4, -0.2) is 41.6 Å². The largest absolute Gasteiger partial charge is 0.460 e. The van der Waals surface area contributed by atoms with Crippen LogP contribution in [0.2, 0.25) is 0 Å². The van der Waals surface area contributed by atoms with Crippen LogP contribution in [0.1, 0.15) is 64.7 Å². The molecule has 0 radical (unpaired) electrons. The number of esters is 2. The fourth-order valence-corrected chi connectivity index (χ4v) is 2.17. The van der Waals surface area contributed by atoms with Crippen molar-refractivity contribution in [3.8, 4) is 5.75 Å². The lowest BCUT2D eigenvalue weighted by Gasteiger charge is -2.25. The molecule has 29 heavy (non-hydrogen) atoms. The third-order valence-corrected chi connectivity index (χ3v) is 3.27. The molecule has 8 heteroatoms. The second kappa shape index (κ2) is 10.0. The van der Waals surface area contributed by atoms with Crippen LogP contribution in [0.3, 0.4) is 0 Å². The van der Waals surface area contributed by atoms with E-state index in [0.717, 1.165) is 0 Å². The molecular formula is C21H29NO7. The highest BCUT2D eigenvalue weighted by Crippen LogP contribution is 2.15. The van der Waals surface area contributed by atoms with Gasteiger partial charge in [-0.2, -0.15) is 0 Å². The average molecular weight is 407 g/mol. The zero-order valence-electron chi connectivity index (χ0n) is 17.7. The summed E-state index contributed by atoms with van der Waals surface area (Å²) in [4.78, 5) is 47.3. The van der Waals surface area contributed by atoms with Gasteiger partial charge in [-0.25, -0.2) is 9.59 Å². The van der Waals surface area contributed by atoms with Gasteiger partial charge in [0.2, 0.25) is 0 Å². The lowest BCUT2D eigenvalue weighted by Crippen LogP contribution is -2.45. The third-order valence-electron chi connectivity index (χ3n) is 3.27. The standard InChI is InChI=1S/C21H29NO7/c1-20(2,3)28-17(24)12-11-16(18(25)29-21(4,5)6)22-19(26)27-15-9-7-14(13-23)8-10-15/h7-10,13,16H,11-12H2,1-6H3,(H,22,26)/t16-/m0/s1. The molecule has 0 heterocycles. The molecule has 0 saturated heterocycles. The first-order valence-corrected chi connectivity index (χ1v) is 9.27. The van der Waals surface area contributed by atoms with Gasteiger partial charge in [0.1, 0.15) is 29.3 Å². The summed E-state index contributed by atoms with van der Waals surface area (Å²) in [6.45, 7) is 10.3. The number of aldehydes is 1. The molecule has 1 aromatic rings. The van der Waals surface area contributed by atoms with E-state index < -0.39 is 35.3 Å². The second-order valence-corrected chi connectivity index (χ2v) is 8.43. The topological polar surface area (TPSA) is 108 Å². The van der Waals surface area contributed by atoms with E-state index in [4.69, 9.17) is 14.2 Å². The summed E-state index contributed by atoms with van der Waals surface area (Å²) < 4.78 is 15.7. The Morgan fingerprint density at radius 2 is 1.52 bits per heavy atom. The molecule has 0 aliphatic heterocycles. The number of rotatable bonds is 7. The van der Waals surface area contributed by atoms with E-state index in [1.165, 1.54) is 24.3 Å². The highest BCUT2D eigenvalue weighted by Gasteiger charge is 2.29. The number of hydrogen-bond acceptors (Lipinski definition) is 7. The normalized spacial score (nSPS) is 12.5. The van der Waals surface area contributed by atoms with E-state index in [1.807, 2.05) is 0 Å². The van der Waals surface area contributed by atoms with Crippen molar-refractivity contribution in [2.24, 2.45) is 0 Å². The van der Waals surface area contributed by atoms with Crippen molar-refractivity contribution < 1.29 is 33.4 Å². The second-order valence-electron chi connectivity index (χ2n) is 8.43. The van der Waals surface area contributed by atoms with Gasteiger partial charge in [0.25, 0.3) is 0 Å². The Hall–Kier alpha value is -2.90. The lowest BCUT2D eigenvalue weighted by molar-refractivity contribution is -0.158. The molecule has 0 spiro atoms. The third kappa shape index (κ3) is 10.3. The molecule has 0 aromatic heterocycles. The average Bonchev–Trinajstić information content (AvgIpc) is 2.56. The zero-order valence-corrected chi connectivity index (χ0v) is 17.7. The van der Waals surface area contributed by atoms with E-state index in [2.05, 4.69) is 5.32 Å². The van der Waals surface area contributed by atoms with Gasteiger partial charge >= 0.3 is 18.0 Å². The minimum absolute atomic E-state index is 0.0109. The summed E-state index contributed by atoms with van der Waals surface area (Å²) in [6.07, 6.45) is -0.318. The van der Waals surface area contributed by atoms with Crippen molar-refractivity contribution >= 4 is 24.3 Å². The van der Waals surface area contributed by atoms with E-state index in [9.17, 15) is 19.2 Å². The Morgan fingerprint density at radius 1 is 0.966 bits per heavy atom. The van der Waals surface area contributed by atoms with Crippen LogP contribution in [0.25, 0.3) is 0 Å². The van der Waals surface area contributed by atoms with E-state index in [1.54, 1.807) is 41.5 Å². The van der Waals surface area contributed by atoms with E-state index in [-0.39, 0.29) is 18.6 Å². The zero-order chi connectivity index (χ0) is 22.2. The highest BCUT2D eigenvalue weighted by atomic mass is 16.6. The molecule has 0 aliphatic carbocycles. The van der Waals surface area contributed by atoms with Crippen LogP contribution in [0.15, 0.2) is 24.3 Å². The van der Waals surface area contributed by atoms with Gasteiger partial charge in [0.15, 0.2) is 0 Å². The minimum Gasteiger partial charge on any atom is -0.460 e. The quantitative estimate of drug-likeness (QED) is 0.545. The number of carbonyl (C=O) groups excluding carboxylic acids is 4. The number of carbonyl (C=O) groups is 4. The fraction of sp³-hybridized carbons (Fsp3) is 0.524. The van der Waals surface area contributed by atoms with E-state index in [0.29, 0.717) is 11.8 Å². The first-order chi connectivity index (χ1) is 13.3. The van der Waals surface area contributed by atoms with Gasteiger partial charge in [-0.05, 0) is 72.2 Å². The summed E-state index contributed by atoms with van der Waals surface area (Å²) in [5.74, 6) is -0.983. The smallest absolute Gasteiger partial charge is 0.413 e. The van der Waals surface area contributed by atoms with Crippen LogP contribution in [0.4, 0.5) is 4.79 Å². The molecule has 1 N–H and O–H groups in total. The van der Waals surface area contributed by atoms with Crippen LogP contribution in [0, 0.1) is 0 Å². The maximum Gasteiger partial charge on any atom is 0.413 e. The number of hydrogen-bond donors (Lipinski definition) is 1. The fourth-order valence-electron chi connectivity index (χ4n) is 2.17. The van der Waals surface area contributed by atoms with Crippen LogP contribution >= 0.6 is 0 Å². The van der Waals surface area contributed by atoms with E-state index >= 15 is 0 Å². The molecule has 0 aliphatic rings. The predicted octanol–water partition coefficient (Wildman–Crippen LogP) is 3.42. The van der Waals surface area contributed by atoms with Crippen molar-refractivity contribution in [3.63, 3.8) is 0 Å². The van der Waals surface area contributed by atoms with Gasteiger partial charge < -0.3 is 19.5 Å². The molecule has 160 valence electrons. The number of nitrogens with one attached hydrogen (secondary N) is 1. The number of benzene rings is 1. The molecule has 8 nitrogen and oxygen atoms in total. The van der Waals surface area contributed by atoms with Crippen LogP contribution in [-0.2, 0) is 19.1 Å². The molecule has 1 atom stereocenters. The van der Waals surface area contributed by atoms with Gasteiger partial charge in [-0.3, -0.25) is 9.59 Å². The summed E-state index contributed by atoms with van der Waals surface area (Å²) in [5.41, 5.74) is -0.988. The first kappa shape index (κ1) is 24.1. The summed E-state index contributed by atoms with van der Waals surface area (Å²) in [6, 6.07) is 4.79. The van der Waals surface area contributed by atoms with Crippen LogP contribution in [0.5, 0.6) is 5.75 Å². The molecule has 1 aromatic carbocycles. The van der Waals surface area contributed by atoms with Crippen molar-refractivity contribution in [1.82, 2.24) is 5.32 Å². The van der Waals surface area contributed by atoms with Gasteiger partial charge in [-0.1, -0.05) is 0 Å². The molecule has 1 amide bonds. The molecule has 0 bridgehead atoms. The van der Waals surface area contributed by atoms with Crippen LogP contribution < -0.4 is 10.1 Å². The number of amides is 1. The van der Waals surface area contributed by atoms with Crippen molar-refractivity contribution in [1.29, 1.82) is 0 Å². The number of ether oxygens (including phenoxy) is 3. The highest BCUT2D eigenvalue weighted by molar-refractivity contribution is 5.83. The Kier molecular flexibility index (Phi) is 8.36. The van der Waals surface area contributed by atoms with Gasteiger partial charge in [-0.15, -0.1) is 0 Å². The lowest BCUT2D eigenvalue weighted by atomic mass is 10.1. The Morgan fingerprint density at radius 3 is 2.00 bits per heavy atom. The molecule has 1 rings (SSSR count). The molecular weight excluding hydrogens is 378 g/mol. The van der Waals surface area contributed by atoms with Crippen molar-refractivity contribution in [3.05, 3.63) is 29.8 Å². The molecule has 0 unspecified atom stereocenters. The molecule has 0 fully saturated rings. The summed E-state index contributed by atoms with van der Waals surface area (Å²) in [5, 5.41) is 2.42. The maximum atomic E-state index is 12.4. The minimum atomic E-state index is -1.09. The van der Waals surface area contributed by atoms with Gasteiger partial charge in [0.05, 0.1) is 0 Å². The Balaban J connectivity index is 2.78. The Bertz CT molecular complexity index is 727. The first-order valence-electron chi connectivity index (χ1n) is 9.27. The van der Waals surface area contributed by atoms with Crippen molar-refractivity contribution in [2.45, 2.75) is 71.6 Å². The summed E-state index contributed by atoms with van der Waals surface area (Å²) >= 11 is 0. The van der Waals surface area contributed by atoms with Gasteiger partial charge in [0, 0.05) is 12.0 Å². The van der Waals surface area contributed by atoms with Crippen molar-refractivity contribution in [2.75, 3.05) is 0 Å². The predicted molar refractivity (Wildman–Crippen MR) is 106 cm³/mol. The maximum absolute atomic E-state index is 12.4. The summed E-state index contributed by atoms with van der Waals surface area (Å²) in [7, 11) is 0.